The molecule has 2 nitrogen and oxygen atoms in total. The highest BCUT2D eigenvalue weighted by molar-refractivity contribution is 5.64. The Hall–Kier alpha value is -1.80. The van der Waals surface area contributed by atoms with Crippen molar-refractivity contribution in [2.24, 2.45) is 0 Å². The Kier molecular flexibility index (Phi) is 2.61. The zero-order valence-electron chi connectivity index (χ0n) is 11.8. The lowest BCUT2D eigenvalue weighted by Gasteiger charge is -2.29. The lowest BCUT2D eigenvalue weighted by Crippen LogP contribution is -2.39. The predicted octanol–water partition coefficient (Wildman–Crippen LogP) is 3.71. The topological polar surface area (TPSA) is 12.5 Å². The molecule has 0 spiro atoms. The number of rotatable bonds is 2. The van der Waals surface area contributed by atoms with Crippen molar-refractivity contribution in [3.05, 3.63) is 65.7 Å². The molecule has 0 amide bonds. The maximum absolute atomic E-state index is 6.07. The van der Waals surface area contributed by atoms with Gasteiger partial charge in [0.25, 0.3) is 0 Å². The van der Waals surface area contributed by atoms with E-state index in [4.69, 9.17) is 4.74 Å². The molecule has 102 valence electrons. The van der Waals surface area contributed by atoms with Gasteiger partial charge in [-0.15, -0.1) is 0 Å². The highest BCUT2D eigenvalue weighted by Crippen LogP contribution is 2.51. The van der Waals surface area contributed by atoms with Crippen molar-refractivity contribution >= 4 is 5.69 Å². The first kappa shape index (κ1) is 12.0. The van der Waals surface area contributed by atoms with Crippen molar-refractivity contribution in [3.63, 3.8) is 0 Å². The molecule has 2 heteroatoms. The lowest BCUT2D eigenvalue weighted by atomic mass is 9.82. The third kappa shape index (κ3) is 1.61. The molecule has 0 aromatic heterocycles. The van der Waals surface area contributed by atoms with E-state index in [-0.39, 0.29) is 11.6 Å². The average Bonchev–Trinajstić information content (AvgIpc) is 2.97. The first-order valence-electron chi connectivity index (χ1n) is 7.31. The van der Waals surface area contributed by atoms with Crippen LogP contribution >= 0.6 is 0 Å². The monoisotopic (exact) mass is 265 g/mol. The number of nitrogens with zero attached hydrogens (tertiary/aromatic N) is 1. The van der Waals surface area contributed by atoms with E-state index in [2.05, 4.69) is 66.4 Å². The first-order chi connectivity index (χ1) is 9.79. The molecule has 0 aliphatic carbocycles. The van der Waals surface area contributed by atoms with Gasteiger partial charge in [-0.3, -0.25) is 0 Å². The lowest BCUT2D eigenvalue weighted by molar-refractivity contribution is 0.0868. The van der Waals surface area contributed by atoms with E-state index in [9.17, 15) is 0 Å². The molecular weight excluding hydrogens is 246 g/mol. The second kappa shape index (κ2) is 4.35. The van der Waals surface area contributed by atoms with Crippen LogP contribution in [0.3, 0.4) is 0 Å². The summed E-state index contributed by atoms with van der Waals surface area (Å²) in [6, 6.07) is 19.4. The predicted molar refractivity (Wildman–Crippen MR) is 80.8 cm³/mol. The second-order valence-corrected chi connectivity index (χ2v) is 6.02. The third-order valence-corrected chi connectivity index (χ3v) is 4.75. The van der Waals surface area contributed by atoms with Crippen molar-refractivity contribution in [2.45, 2.75) is 31.5 Å². The van der Waals surface area contributed by atoms with Crippen molar-refractivity contribution in [3.8, 4) is 0 Å². The van der Waals surface area contributed by atoms with Gasteiger partial charge in [0.1, 0.15) is 6.23 Å². The van der Waals surface area contributed by atoms with Gasteiger partial charge < -0.3 is 9.64 Å². The van der Waals surface area contributed by atoms with Gasteiger partial charge in [0.05, 0.1) is 6.61 Å². The van der Waals surface area contributed by atoms with Crippen LogP contribution in [0.25, 0.3) is 0 Å². The van der Waals surface area contributed by atoms with Crippen LogP contribution < -0.4 is 4.90 Å². The largest absolute Gasteiger partial charge is 0.357 e. The van der Waals surface area contributed by atoms with Crippen molar-refractivity contribution in [1.82, 2.24) is 0 Å². The maximum Gasteiger partial charge on any atom is 0.140 e. The summed E-state index contributed by atoms with van der Waals surface area (Å²) in [4.78, 5) is 2.43. The molecule has 1 saturated heterocycles. The van der Waals surface area contributed by atoms with E-state index in [1.165, 1.54) is 16.8 Å². The fraction of sp³-hybridized carbons (Fsp3) is 0.333. The molecule has 2 aromatic rings. The summed E-state index contributed by atoms with van der Waals surface area (Å²) in [5.74, 6) is 0. The number of anilines is 1. The summed E-state index contributed by atoms with van der Waals surface area (Å²) in [7, 11) is 0. The minimum Gasteiger partial charge on any atom is -0.357 e. The van der Waals surface area contributed by atoms with E-state index in [1.807, 2.05) is 0 Å². The molecule has 1 fully saturated rings. The maximum atomic E-state index is 6.07. The van der Waals surface area contributed by atoms with Crippen LogP contribution in [-0.2, 0) is 16.7 Å². The zero-order chi connectivity index (χ0) is 13.6. The molecular formula is C18H19NO. The molecule has 2 aliphatic heterocycles. The number of hydrogen-bond donors (Lipinski definition) is 0. The minimum absolute atomic E-state index is 0.144. The summed E-state index contributed by atoms with van der Waals surface area (Å²) in [5, 5.41) is 0. The Morgan fingerprint density at radius 1 is 1.10 bits per heavy atom. The molecule has 4 rings (SSSR count). The van der Waals surface area contributed by atoms with Crippen LogP contribution in [0.2, 0.25) is 0 Å². The standard InChI is InChI=1S/C18H19NO/c1-18-11-12-20-17(18)19(13-14-7-3-2-4-8-14)16-10-6-5-9-15(16)18/h2-10,17H,11-13H2,1H3. The number of para-hydroxylation sites is 1. The Balaban J connectivity index is 1.76. The normalized spacial score (nSPS) is 27.4. The summed E-state index contributed by atoms with van der Waals surface area (Å²) >= 11 is 0. The van der Waals surface area contributed by atoms with E-state index in [1.54, 1.807) is 0 Å². The molecule has 0 N–H and O–H groups in total. The molecule has 0 radical (unpaired) electrons. The smallest absolute Gasteiger partial charge is 0.140 e. The molecule has 2 aliphatic rings. The summed E-state index contributed by atoms with van der Waals surface area (Å²) in [6.45, 7) is 4.12. The van der Waals surface area contributed by atoms with Gasteiger partial charge in [-0.2, -0.15) is 0 Å². The van der Waals surface area contributed by atoms with Gasteiger partial charge in [0, 0.05) is 17.6 Å². The Labute approximate surface area is 120 Å². The van der Waals surface area contributed by atoms with Crippen LogP contribution in [-0.4, -0.2) is 12.8 Å². The highest BCUT2D eigenvalue weighted by atomic mass is 16.5. The van der Waals surface area contributed by atoms with E-state index in [0.717, 1.165) is 19.6 Å². The van der Waals surface area contributed by atoms with Crippen molar-refractivity contribution in [2.75, 3.05) is 11.5 Å². The van der Waals surface area contributed by atoms with Crippen LogP contribution in [0.15, 0.2) is 54.6 Å². The fourth-order valence-corrected chi connectivity index (χ4v) is 3.67. The summed E-state index contributed by atoms with van der Waals surface area (Å²) in [6.07, 6.45) is 1.29. The quantitative estimate of drug-likeness (QED) is 0.820. The zero-order valence-corrected chi connectivity index (χ0v) is 11.8. The van der Waals surface area contributed by atoms with Crippen LogP contribution in [0.5, 0.6) is 0 Å². The van der Waals surface area contributed by atoms with E-state index < -0.39 is 0 Å². The Morgan fingerprint density at radius 2 is 1.85 bits per heavy atom. The van der Waals surface area contributed by atoms with Gasteiger partial charge in [0.15, 0.2) is 0 Å². The molecule has 2 aromatic carbocycles. The second-order valence-electron chi connectivity index (χ2n) is 6.02. The van der Waals surface area contributed by atoms with Crippen LogP contribution in [0, 0.1) is 0 Å². The first-order valence-corrected chi connectivity index (χ1v) is 7.31. The number of benzene rings is 2. The van der Waals surface area contributed by atoms with Crippen LogP contribution in [0.1, 0.15) is 24.5 Å². The third-order valence-electron chi connectivity index (χ3n) is 4.75. The molecule has 0 saturated carbocycles. The number of fused-ring (bicyclic) bond motifs is 3. The minimum atomic E-state index is 0.144. The highest BCUT2D eigenvalue weighted by Gasteiger charge is 2.51. The Morgan fingerprint density at radius 3 is 2.70 bits per heavy atom. The summed E-state index contributed by atoms with van der Waals surface area (Å²) in [5.41, 5.74) is 4.26. The molecule has 2 unspecified atom stereocenters. The SMILES string of the molecule is CC12CCOC1N(Cc1ccccc1)c1ccccc12. The number of ether oxygens (including phenoxy) is 1. The van der Waals surface area contributed by atoms with Gasteiger partial charge in [-0.25, -0.2) is 0 Å². The molecule has 2 atom stereocenters. The molecule has 2 heterocycles. The average molecular weight is 265 g/mol. The van der Waals surface area contributed by atoms with E-state index >= 15 is 0 Å². The number of hydrogen-bond acceptors (Lipinski definition) is 2. The Bertz CT molecular complexity index is 624. The van der Waals surface area contributed by atoms with Crippen molar-refractivity contribution in [1.29, 1.82) is 0 Å². The van der Waals surface area contributed by atoms with Crippen molar-refractivity contribution < 1.29 is 4.74 Å². The molecule has 20 heavy (non-hydrogen) atoms. The molecule has 0 bridgehead atoms. The van der Waals surface area contributed by atoms with Gasteiger partial charge in [0.2, 0.25) is 0 Å². The fourth-order valence-electron chi connectivity index (χ4n) is 3.67. The van der Waals surface area contributed by atoms with Gasteiger partial charge in [-0.1, -0.05) is 55.5 Å². The van der Waals surface area contributed by atoms with Gasteiger partial charge >= 0.3 is 0 Å². The van der Waals surface area contributed by atoms with E-state index in [0.29, 0.717) is 0 Å². The summed E-state index contributed by atoms with van der Waals surface area (Å²) < 4.78 is 6.07. The van der Waals surface area contributed by atoms with Crippen LogP contribution in [0.4, 0.5) is 5.69 Å². The van der Waals surface area contributed by atoms with Gasteiger partial charge in [-0.05, 0) is 23.6 Å².